The number of hydrogen-bond acceptors (Lipinski definition) is 4. The fraction of sp³-hybridized carbons (Fsp3) is 0.500. The van der Waals surface area contributed by atoms with Gasteiger partial charge in [-0.1, -0.05) is 0 Å². The van der Waals surface area contributed by atoms with E-state index < -0.39 is 0 Å². The van der Waals surface area contributed by atoms with Crippen LogP contribution in [0.1, 0.15) is 17.8 Å². The van der Waals surface area contributed by atoms with E-state index in [1.807, 2.05) is 19.4 Å². The molecule has 90 valence electrons. The number of nitrogens with zero attached hydrogens (tertiary/aromatic N) is 3. The van der Waals surface area contributed by atoms with E-state index in [0.29, 0.717) is 0 Å². The molecule has 1 N–H and O–H groups in total. The summed E-state index contributed by atoms with van der Waals surface area (Å²) in [5.41, 5.74) is 2.13. The summed E-state index contributed by atoms with van der Waals surface area (Å²) in [6.07, 6.45) is 6.64. The molecule has 0 atom stereocenters. The zero-order chi connectivity index (χ0) is 11.7. The Hall–Kier alpha value is -1.20. The van der Waals surface area contributed by atoms with Crippen LogP contribution in [0.5, 0.6) is 0 Å². The molecule has 0 amide bonds. The van der Waals surface area contributed by atoms with Crippen LogP contribution in [0.3, 0.4) is 0 Å². The van der Waals surface area contributed by atoms with Gasteiger partial charge in [0.1, 0.15) is 5.01 Å². The van der Waals surface area contributed by atoms with Gasteiger partial charge >= 0.3 is 0 Å². The molecule has 0 aromatic carbocycles. The molecule has 17 heavy (non-hydrogen) atoms. The van der Waals surface area contributed by atoms with Gasteiger partial charge in [-0.15, -0.1) is 11.3 Å². The Labute approximate surface area is 105 Å². The number of hydrogen-bond donors (Lipinski definition) is 1. The third kappa shape index (κ3) is 2.73. The highest BCUT2D eigenvalue weighted by Gasteiger charge is 2.20. The maximum Gasteiger partial charge on any atom is 0.107 e. The standard InChI is InChI=1S/C12H16N4S/c1-16-7-10(5-14-16)11-8-17-12(15-11)6-13-4-9-2-3-9/h5,7-9,13H,2-4,6H2,1H3. The van der Waals surface area contributed by atoms with Crippen molar-refractivity contribution in [1.29, 1.82) is 0 Å². The van der Waals surface area contributed by atoms with Crippen LogP contribution < -0.4 is 5.32 Å². The molecule has 5 heteroatoms. The van der Waals surface area contributed by atoms with Crippen molar-refractivity contribution >= 4 is 11.3 Å². The van der Waals surface area contributed by atoms with E-state index in [4.69, 9.17) is 0 Å². The van der Waals surface area contributed by atoms with E-state index >= 15 is 0 Å². The Kier molecular flexibility index (Phi) is 2.94. The highest BCUT2D eigenvalue weighted by molar-refractivity contribution is 7.09. The molecule has 2 aromatic rings. The van der Waals surface area contributed by atoms with Crippen molar-refractivity contribution in [2.75, 3.05) is 6.54 Å². The fourth-order valence-electron chi connectivity index (χ4n) is 1.78. The highest BCUT2D eigenvalue weighted by atomic mass is 32.1. The molecule has 0 spiro atoms. The van der Waals surface area contributed by atoms with Gasteiger partial charge < -0.3 is 5.32 Å². The number of nitrogens with one attached hydrogen (secondary N) is 1. The monoisotopic (exact) mass is 248 g/mol. The first-order valence-corrected chi connectivity index (χ1v) is 6.83. The molecule has 1 aliphatic rings. The second kappa shape index (κ2) is 4.58. The summed E-state index contributed by atoms with van der Waals surface area (Å²) in [6, 6.07) is 0. The van der Waals surface area contributed by atoms with Crippen molar-refractivity contribution in [3.63, 3.8) is 0 Å². The Morgan fingerprint density at radius 1 is 1.53 bits per heavy atom. The number of thiazole rings is 1. The van der Waals surface area contributed by atoms with E-state index in [1.165, 1.54) is 12.8 Å². The molecular formula is C12H16N4S. The van der Waals surface area contributed by atoms with Crippen molar-refractivity contribution in [2.24, 2.45) is 13.0 Å². The van der Waals surface area contributed by atoms with Crippen LogP contribution in [0.4, 0.5) is 0 Å². The zero-order valence-electron chi connectivity index (χ0n) is 9.89. The minimum atomic E-state index is 0.890. The average molecular weight is 248 g/mol. The molecule has 4 nitrogen and oxygen atoms in total. The van der Waals surface area contributed by atoms with Gasteiger partial charge in [-0.05, 0) is 25.3 Å². The van der Waals surface area contributed by atoms with E-state index in [0.717, 1.165) is 35.3 Å². The van der Waals surface area contributed by atoms with E-state index in [2.05, 4.69) is 20.8 Å². The Bertz CT molecular complexity index is 498. The summed E-state index contributed by atoms with van der Waals surface area (Å²) in [4.78, 5) is 4.61. The molecule has 2 aromatic heterocycles. The Morgan fingerprint density at radius 3 is 3.12 bits per heavy atom. The van der Waals surface area contributed by atoms with Crippen LogP contribution in [0, 0.1) is 5.92 Å². The van der Waals surface area contributed by atoms with E-state index in [9.17, 15) is 0 Å². The van der Waals surface area contributed by atoms with E-state index in [1.54, 1.807) is 16.0 Å². The van der Waals surface area contributed by atoms with Crippen LogP contribution >= 0.6 is 11.3 Å². The van der Waals surface area contributed by atoms with Gasteiger partial charge in [0.05, 0.1) is 11.9 Å². The lowest BCUT2D eigenvalue weighted by Gasteiger charge is -1.98. The van der Waals surface area contributed by atoms with Crippen molar-refractivity contribution < 1.29 is 0 Å². The maximum absolute atomic E-state index is 4.61. The topological polar surface area (TPSA) is 42.7 Å². The predicted octanol–water partition coefficient (Wildman–Crippen LogP) is 2.04. The lowest BCUT2D eigenvalue weighted by atomic mass is 10.3. The largest absolute Gasteiger partial charge is 0.310 e. The van der Waals surface area contributed by atoms with Gasteiger partial charge in [0.25, 0.3) is 0 Å². The average Bonchev–Trinajstić information content (AvgIpc) is 2.85. The third-order valence-electron chi connectivity index (χ3n) is 2.96. The number of aromatic nitrogens is 3. The molecule has 0 aliphatic heterocycles. The third-order valence-corrected chi connectivity index (χ3v) is 3.81. The number of rotatable bonds is 5. The molecule has 0 saturated heterocycles. The first-order chi connectivity index (χ1) is 8.31. The molecular weight excluding hydrogens is 232 g/mol. The highest BCUT2D eigenvalue weighted by Crippen LogP contribution is 2.27. The number of aryl methyl sites for hydroxylation is 1. The normalized spacial score (nSPS) is 15.4. The first kappa shape index (κ1) is 10.9. The Morgan fingerprint density at radius 2 is 2.41 bits per heavy atom. The van der Waals surface area contributed by atoms with Gasteiger partial charge in [0, 0.05) is 30.7 Å². The Balaban J connectivity index is 1.61. The summed E-state index contributed by atoms with van der Waals surface area (Å²) in [5.74, 6) is 0.924. The van der Waals surface area contributed by atoms with Gasteiger partial charge in [0.2, 0.25) is 0 Å². The summed E-state index contributed by atoms with van der Waals surface area (Å²) < 4.78 is 1.81. The van der Waals surface area contributed by atoms with Crippen molar-refractivity contribution in [1.82, 2.24) is 20.1 Å². The first-order valence-electron chi connectivity index (χ1n) is 5.95. The zero-order valence-corrected chi connectivity index (χ0v) is 10.7. The maximum atomic E-state index is 4.61. The fourth-order valence-corrected chi connectivity index (χ4v) is 2.56. The van der Waals surface area contributed by atoms with Crippen LogP contribution in [-0.4, -0.2) is 21.3 Å². The molecule has 2 heterocycles. The molecule has 0 bridgehead atoms. The second-order valence-electron chi connectivity index (χ2n) is 4.60. The SMILES string of the molecule is Cn1cc(-c2csc(CNCC3CC3)n2)cn1. The lowest BCUT2D eigenvalue weighted by Crippen LogP contribution is -2.15. The van der Waals surface area contributed by atoms with Gasteiger partial charge in [-0.2, -0.15) is 5.10 Å². The smallest absolute Gasteiger partial charge is 0.107 e. The van der Waals surface area contributed by atoms with Crippen LogP contribution in [0.25, 0.3) is 11.3 Å². The minimum absolute atomic E-state index is 0.890. The van der Waals surface area contributed by atoms with E-state index in [-0.39, 0.29) is 0 Å². The predicted molar refractivity (Wildman–Crippen MR) is 68.7 cm³/mol. The summed E-state index contributed by atoms with van der Waals surface area (Å²) >= 11 is 1.72. The molecule has 3 rings (SSSR count). The van der Waals surface area contributed by atoms with Crippen LogP contribution in [0.2, 0.25) is 0 Å². The van der Waals surface area contributed by atoms with Crippen molar-refractivity contribution in [2.45, 2.75) is 19.4 Å². The molecule has 1 fully saturated rings. The van der Waals surface area contributed by atoms with Crippen molar-refractivity contribution in [3.8, 4) is 11.3 Å². The lowest BCUT2D eigenvalue weighted by molar-refractivity contribution is 0.637. The molecule has 0 unspecified atom stereocenters. The van der Waals surface area contributed by atoms with Crippen LogP contribution in [0.15, 0.2) is 17.8 Å². The molecule has 0 radical (unpaired) electrons. The van der Waals surface area contributed by atoms with Gasteiger partial charge in [0.15, 0.2) is 0 Å². The van der Waals surface area contributed by atoms with Gasteiger partial charge in [-0.25, -0.2) is 4.98 Å². The minimum Gasteiger partial charge on any atom is -0.310 e. The summed E-state index contributed by atoms with van der Waals surface area (Å²) in [7, 11) is 1.92. The van der Waals surface area contributed by atoms with Crippen LogP contribution in [-0.2, 0) is 13.6 Å². The quantitative estimate of drug-likeness (QED) is 0.880. The summed E-state index contributed by atoms with van der Waals surface area (Å²) in [5, 5.41) is 10.9. The second-order valence-corrected chi connectivity index (χ2v) is 5.55. The summed E-state index contributed by atoms with van der Waals surface area (Å²) in [6.45, 7) is 2.03. The van der Waals surface area contributed by atoms with Gasteiger partial charge in [-0.3, -0.25) is 4.68 Å². The van der Waals surface area contributed by atoms with Crippen molar-refractivity contribution in [3.05, 3.63) is 22.8 Å². The molecule has 1 aliphatic carbocycles. The molecule has 1 saturated carbocycles.